The van der Waals surface area contributed by atoms with Crippen LogP contribution in [0.1, 0.15) is 52.0 Å². The van der Waals surface area contributed by atoms with Crippen molar-refractivity contribution < 1.29 is 19.1 Å². The molecule has 0 unspecified atom stereocenters. The van der Waals surface area contributed by atoms with Crippen LogP contribution in [0.25, 0.3) is 10.9 Å². The van der Waals surface area contributed by atoms with Crippen LogP contribution in [0.3, 0.4) is 0 Å². The molecule has 1 aromatic heterocycles. The van der Waals surface area contributed by atoms with Gasteiger partial charge in [0.15, 0.2) is 5.82 Å². The average Bonchev–Trinajstić information content (AvgIpc) is 3.07. The molecule has 4 amide bonds. The monoisotopic (exact) mass is 455 g/mol. The summed E-state index contributed by atoms with van der Waals surface area (Å²) < 4.78 is 7.27. The Morgan fingerprint density at radius 2 is 1.91 bits per heavy atom. The van der Waals surface area contributed by atoms with Crippen LogP contribution in [0.5, 0.6) is 0 Å². The fraction of sp³-hybridized carbons (Fsp3) is 0.583. The Morgan fingerprint density at radius 1 is 1.18 bits per heavy atom. The lowest BCUT2D eigenvalue weighted by Gasteiger charge is -2.33. The first-order chi connectivity index (χ1) is 15.6. The lowest BCUT2D eigenvalue weighted by molar-refractivity contribution is -0.120. The number of urea groups is 1. The first-order valence-electron chi connectivity index (χ1n) is 11.7. The van der Waals surface area contributed by atoms with Gasteiger partial charge in [0.1, 0.15) is 5.60 Å². The Labute approximate surface area is 194 Å². The van der Waals surface area contributed by atoms with E-state index in [1.165, 1.54) is 10.5 Å². The molecule has 0 aliphatic carbocycles. The molecule has 33 heavy (non-hydrogen) atoms. The number of benzene rings is 1. The highest BCUT2D eigenvalue weighted by molar-refractivity contribution is 6.08. The van der Waals surface area contributed by atoms with Gasteiger partial charge in [0.05, 0.1) is 5.52 Å². The molecular weight excluding hydrogens is 422 g/mol. The normalized spacial score (nSPS) is 18.1. The number of carbonyl (C=O) groups excluding carboxylic acids is 3. The van der Waals surface area contributed by atoms with Gasteiger partial charge in [-0.1, -0.05) is 6.07 Å². The number of piperidine rings is 1. The third kappa shape index (κ3) is 5.29. The number of amides is 4. The molecule has 1 aromatic carbocycles. The van der Waals surface area contributed by atoms with Crippen LogP contribution in [0.2, 0.25) is 0 Å². The van der Waals surface area contributed by atoms with Gasteiger partial charge in [-0.2, -0.15) is 5.10 Å². The van der Waals surface area contributed by atoms with E-state index in [2.05, 4.69) is 22.5 Å². The summed E-state index contributed by atoms with van der Waals surface area (Å²) in [6, 6.07) is 5.82. The highest BCUT2D eigenvalue weighted by Crippen LogP contribution is 2.29. The smallest absolute Gasteiger partial charge is 0.410 e. The molecule has 0 bridgehead atoms. The van der Waals surface area contributed by atoms with Crippen molar-refractivity contribution in [1.82, 2.24) is 20.0 Å². The van der Waals surface area contributed by atoms with E-state index >= 15 is 0 Å². The van der Waals surface area contributed by atoms with Gasteiger partial charge >= 0.3 is 12.1 Å². The van der Waals surface area contributed by atoms with Gasteiger partial charge in [0.25, 0.3) is 0 Å². The SMILES string of the molecule is Cn1nc(N2CCC(=O)NC2=O)c2ccc(CCC3CCN(C(=O)OC(C)(C)C)CC3)cc21. The third-order valence-electron chi connectivity index (χ3n) is 6.31. The number of ether oxygens (including phenoxy) is 1. The van der Waals surface area contributed by atoms with E-state index in [1.54, 1.807) is 4.68 Å². The maximum atomic E-state index is 12.3. The Balaban J connectivity index is 1.36. The number of anilines is 1. The van der Waals surface area contributed by atoms with Gasteiger partial charge in [-0.3, -0.25) is 19.7 Å². The number of likely N-dealkylation sites (tertiary alicyclic amines) is 1. The summed E-state index contributed by atoms with van der Waals surface area (Å²) in [6.45, 7) is 7.49. The Bertz CT molecular complexity index is 1060. The molecule has 9 heteroatoms. The summed E-state index contributed by atoms with van der Waals surface area (Å²) in [6.07, 6.45) is 4.04. The van der Waals surface area contributed by atoms with Gasteiger partial charge in [0, 0.05) is 38.5 Å². The Hall–Kier alpha value is -3.10. The van der Waals surface area contributed by atoms with Gasteiger partial charge in [-0.05, 0) is 70.1 Å². The first-order valence-corrected chi connectivity index (χ1v) is 11.7. The molecule has 2 aromatic rings. The maximum absolute atomic E-state index is 12.3. The van der Waals surface area contributed by atoms with Crippen molar-refractivity contribution >= 4 is 34.8 Å². The van der Waals surface area contributed by atoms with E-state index in [1.807, 2.05) is 38.8 Å². The molecule has 9 nitrogen and oxygen atoms in total. The number of fused-ring (bicyclic) bond motifs is 1. The van der Waals surface area contributed by atoms with Gasteiger partial charge in [-0.25, -0.2) is 9.59 Å². The highest BCUT2D eigenvalue weighted by Gasteiger charge is 2.29. The minimum atomic E-state index is -0.465. The molecule has 3 heterocycles. The van der Waals surface area contributed by atoms with Crippen molar-refractivity contribution in [3.63, 3.8) is 0 Å². The van der Waals surface area contributed by atoms with E-state index in [0.717, 1.165) is 49.7 Å². The molecule has 0 radical (unpaired) electrons. The Kier molecular flexibility index (Phi) is 6.32. The molecule has 0 spiro atoms. The van der Waals surface area contributed by atoms with E-state index in [4.69, 9.17) is 4.74 Å². The van der Waals surface area contributed by atoms with Crippen molar-refractivity contribution in [1.29, 1.82) is 0 Å². The topological polar surface area (TPSA) is 96.8 Å². The number of nitrogens with zero attached hydrogens (tertiary/aromatic N) is 4. The molecule has 2 aliphatic heterocycles. The molecule has 2 aliphatic rings. The maximum Gasteiger partial charge on any atom is 0.410 e. The van der Waals surface area contributed by atoms with Crippen molar-refractivity contribution in [3.8, 4) is 0 Å². The first kappa shape index (κ1) is 23.1. The van der Waals surface area contributed by atoms with Crippen LogP contribution >= 0.6 is 0 Å². The number of rotatable bonds is 4. The predicted octanol–water partition coefficient (Wildman–Crippen LogP) is 3.60. The molecule has 2 saturated heterocycles. The van der Waals surface area contributed by atoms with Crippen LogP contribution < -0.4 is 10.2 Å². The fourth-order valence-electron chi connectivity index (χ4n) is 4.51. The fourth-order valence-corrected chi connectivity index (χ4v) is 4.51. The average molecular weight is 456 g/mol. The Morgan fingerprint density at radius 3 is 2.58 bits per heavy atom. The standard InChI is InChI=1S/C24H33N5O4/c1-24(2,3)33-23(32)28-12-9-16(10-13-28)5-6-17-7-8-18-19(15-17)27(4)26-21(18)29-14-11-20(30)25-22(29)31/h7-8,15-16H,5-6,9-14H2,1-4H3,(H,25,30,31). The van der Waals surface area contributed by atoms with Crippen molar-refractivity contribution in [2.75, 3.05) is 24.5 Å². The van der Waals surface area contributed by atoms with Crippen LogP contribution in [0, 0.1) is 5.92 Å². The van der Waals surface area contributed by atoms with Gasteiger partial charge in [0.2, 0.25) is 5.91 Å². The zero-order valence-corrected chi connectivity index (χ0v) is 19.9. The zero-order valence-electron chi connectivity index (χ0n) is 19.9. The van der Waals surface area contributed by atoms with Crippen molar-refractivity contribution in [2.24, 2.45) is 13.0 Å². The number of aryl methyl sites for hydroxylation is 2. The van der Waals surface area contributed by atoms with Gasteiger partial charge < -0.3 is 9.64 Å². The minimum Gasteiger partial charge on any atom is -0.444 e. The van der Waals surface area contributed by atoms with Crippen molar-refractivity contribution in [3.05, 3.63) is 23.8 Å². The zero-order chi connectivity index (χ0) is 23.8. The molecular formula is C24H33N5O4. The molecule has 178 valence electrons. The van der Waals surface area contributed by atoms with Crippen LogP contribution in [0.15, 0.2) is 18.2 Å². The quantitative estimate of drug-likeness (QED) is 0.760. The summed E-state index contributed by atoms with van der Waals surface area (Å²) in [5.74, 6) is 0.908. The number of imide groups is 1. The number of hydrogen-bond acceptors (Lipinski definition) is 5. The van der Waals surface area contributed by atoms with E-state index < -0.39 is 11.6 Å². The highest BCUT2D eigenvalue weighted by atomic mass is 16.6. The lowest BCUT2D eigenvalue weighted by Crippen LogP contribution is -2.49. The van der Waals surface area contributed by atoms with Crippen LogP contribution in [-0.2, 0) is 23.0 Å². The second kappa shape index (κ2) is 9.03. The lowest BCUT2D eigenvalue weighted by atomic mass is 9.90. The second-order valence-corrected chi connectivity index (χ2v) is 10.0. The number of carbonyl (C=O) groups is 3. The molecule has 1 N–H and O–H groups in total. The predicted molar refractivity (Wildman–Crippen MR) is 125 cm³/mol. The molecule has 2 fully saturated rings. The second-order valence-electron chi connectivity index (χ2n) is 10.0. The third-order valence-corrected chi connectivity index (χ3v) is 6.31. The van der Waals surface area contributed by atoms with Crippen LogP contribution in [-0.4, -0.2) is 57.9 Å². The van der Waals surface area contributed by atoms with Crippen LogP contribution in [0.4, 0.5) is 15.4 Å². The van der Waals surface area contributed by atoms with E-state index in [-0.39, 0.29) is 18.4 Å². The summed E-state index contributed by atoms with van der Waals surface area (Å²) in [4.78, 5) is 39.3. The number of hydrogen-bond donors (Lipinski definition) is 1. The minimum absolute atomic E-state index is 0.217. The summed E-state index contributed by atoms with van der Waals surface area (Å²) in [5.41, 5.74) is 1.73. The van der Waals surface area contributed by atoms with Gasteiger partial charge in [-0.15, -0.1) is 0 Å². The number of aromatic nitrogens is 2. The largest absolute Gasteiger partial charge is 0.444 e. The van der Waals surface area contributed by atoms with E-state index in [9.17, 15) is 14.4 Å². The molecule has 4 rings (SSSR count). The summed E-state index contributed by atoms with van der Waals surface area (Å²) >= 11 is 0. The molecule has 0 atom stereocenters. The molecule has 0 saturated carbocycles. The summed E-state index contributed by atoms with van der Waals surface area (Å²) in [5, 5.41) is 7.81. The summed E-state index contributed by atoms with van der Waals surface area (Å²) in [7, 11) is 1.87. The van der Waals surface area contributed by atoms with Crippen molar-refractivity contribution in [2.45, 2.75) is 58.5 Å². The van der Waals surface area contributed by atoms with E-state index in [0.29, 0.717) is 18.3 Å². The number of nitrogens with one attached hydrogen (secondary N) is 1.